The summed E-state index contributed by atoms with van der Waals surface area (Å²) in [6.45, 7) is 4.55. The first-order chi connectivity index (χ1) is 6.03. The Kier molecular flexibility index (Phi) is 1.69. The van der Waals surface area contributed by atoms with E-state index in [1.165, 1.54) is 7.11 Å². The second kappa shape index (κ2) is 2.45. The molecular formula is C9H14O4. The van der Waals surface area contributed by atoms with E-state index in [2.05, 4.69) is 4.74 Å². The average molecular weight is 186 g/mol. The highest BCUT2D eigenvalue weighted by atomic mass is 16.7. The molecule has 2 fully saturated rings. The van der Waals surface area contributed by atoms with E-state index in [4.69, 9.17) is 9.47 Å². The number of rotatable bonds is 1. The maximum Gasteiger partial charge on any atom is 0.338 e. The van der Waals surface area contributed by atoms with Gasteiger partial charge in [-0.15, -0.1) is 0 Å². The summed E-state index contributed by atoms with van der Waals surface area (Å²) >= 11 is 0. The minimum atomic E-state index is -0.421. The minimum absolute atomic E-state index is 0.293. The second-order valence-corrected chi connectivity index (χ2v) is 4.02. The van der Waals surface area contributed by atoms with Gasteiger partial charge in [-0.3, -0.25) is 0 Å². The molecule has 0 radical (unpaired) electrons. The fourth-order valence-corrected chi connectivity index (χ4v) is 2.05. The fourth-order valence-electron chi connectivity index (χ4n) is 2.05. The zero-order valence-electron chi connectivity index (χ0n) is 8.12. The van der Waals surface area contributed by atoms with Gasteiger partial charge in [0.2, 0.25) is 0 Å². The molecule has 1 spiro atoms. The monoisotopic (exact) mass is 186 g/mol. The molecule has 0 aromatic carbocycles. The molecule has 4 heteroatoms. The minimum Gasteiger partial charge on any atom is -0.467 e. The van der Waals surface area contributed by atoms with Crippen LogP contribution in [-0.4, -0.2) is 37.0 Å². The van der Waals surface area contributed by atoms with Crippen LogP contribution >= 0.6 is 0 Å². The molecule has 0 aromatic rings. The van der Waals surface area contributed by atoms with Crippen molar-refractivity contribution >= 4 is 5.97 Å². The lowest BCUT2D eigenvalue weighted by Crippen LogP contribution is -2.39. The van der Waals surface area contributed by atoms with E-state index in [0.29, 0.717) is 6.61 Å². The van der Waals surface area contributed by atoms with Crippen molar-refractivity contribution < 1.29 is 19.0 Å². The topological polar surface area (TPSA) is 48.1 Å². The van der Waals surface area contributed by atoms with Crippen molar-refractivity contribution in [2.45, 2.75) is 37.6 Å². The fraction of sp³-hybridized carbons (Fsp3) is 0.889. The average Bonchev–Trinajstić information content (AvgIpc) is 2.72. The lowest BCUT2D eigenvalue weighted by Gasteiger charge is -2.22. The summed E-state index contributed by atoms with van der Waals surface area (Å²) in [6.07, 6.45) is 0.356. The van der Waals surface area contributed by atoms with E-state index >= 15 is 0 Å². The van der Waals surface area contributed by atoms with Crippen molar-refractivity contribution in [1.29, 1.82) is 0 Å². The van der Waals surface area contributed by atoms with Gasteiger partial charge in [0.25, 0.3) is 0 Å². The van der Waals surface area contributed by atoms with Gasteiger partial charge in [-0.2, -0.15) is 0 Å². The first-order valence-corrected chi connectivity index (χ1v) is 4.43. The largest absolute Gasteiger partial charge is 0.467 e. The van der Waals surface area contributed by atoms with Crippen molar-refractivity contribution in [1.82, 2.24) is 0 Å². The van der Waals surface area contributed by atoms with Crippen molar-refractivity contribution in [3.05, 3.63) is 0 Å². The van der Waals surface area contributed by atoms with E-state index in [9.17, 15) is 4.79 Å². The quantitative estimate of drug-likeness (QED) is 0.442. The van der Waals surface area contributed by atoms with Crippen molar-refractivity contribution in [2.24, 2.45) is 0 Å². The molecule has 2 aliphatic heterocycles. The van der Waals surface area contributed by atoms with E-state index in [1.807, 2.05) is 13.8 Å². The third-order valence-electron chi connectivity index (χ3n) is 3.07. The maximum atomic E-state index is 11.2. The Hall–Kier alpha value is -0.610. The van der Waals surface area contributed by atoms with Crippen LogP contribution in [0.5, 0.6) is 0 Å². The molecule has 0 aliphatic carbocycles. The Labute approximate surface area is 77.1 Å². The van der Waals surface area contributed by atoms with Crippen molar-refractivity contribution in [3.63, 3.8) is 0 Å². The van der Waals surface area contributed by atoms with Crippen LogP contribution in [0.15, 0.2) is 0 Å². The molecule has 74 valence electrons. The lowest BCUT2D eigenvalue weighted by atomic mass is 9.87. The van der Waals surface area contributed by atoms with Crippen LogP contribution in [0.4, 0.5) is 0 Å². The third kappa shape index (κ3) is 1.02. The number of carbonyl (C=O) groups is 1. The first kappa shape index (κ1) is 8.97. The highest BCUT2D eigenvalue weighted by molar-refractivity contribution is 5.79. The molecule has 2 atom stereocenters. The lowest BCUT2D eigenvalue weighted by molar-refractivity contribution is -0.142. The molecule has 4 nitrogen and oxygen atoms in total. The molecule has 2 rings (SSSR count). The summed E-state index contributed by atoms with van der Waals surface area (Å²) in [5, 5.41) is 0. The SMILES string of the molecule is COC(=O)C1OC12CCOC2(C)C. The number of methoxy groups -OCH3 is 1. The van der Waals surface area contributed by atoms with E-state index in [-0.39, 0.29) is 11.6 Å². The summed E-state index contributed by atoms with van der Waals surface area (Å²) in [4.78, 5) is 11.2. The molecule has 2 saturated heterocycles. The van der Waals surface area contributed by atoms with Crippen LogP contribution in [0.2, 0.25) is 0 Å². The molecule has 2 heterocycles. The number of ether oxygens (including phenoxy) is 3. The maximum absolute atomic E-state index is 11.2. The van der Waals surface area contributed by atoms with Gasteiger partial charge in [0, 0.05) is 6.42 Å². The Morgan fingerprint density at radius 3 is 2.69 bits per heavy atom. The molecule has 2 unspecified atom stereocenters. The van der Waals surface area contributed by atoms with E-state index in [0.717, 1.165) is 6.42 Å². The standard InChI is InChI=1S/C9H14O4/c1-8(2)9(4-5-12-8)6(13-9)7(10)11-3/h6H,4-5H2,1-3H3. The molecular weight excluding hydrogens is 172 g/mol. The molecule has 0 N–H and O–H groups in total. The highest BCUT2D eigenvalue weighted by Gasteiger charge is 2.72. The first-order valence-electron chi connectivity index (χ1n) is 4.43. The van der Waals surface area contributed by atoms with Crippen LogP contribution in [0, 0.1) is 0 Å². The van der Waals surface area contributed by atoms with Gasteiger partial charge in [-0.25, -0.2) is 4.79 Å². The van der Waals surface area contributed by atoms with Gasteiger partial charge in [0.15, 0.2) is 6.10 Å². The molecule has 2 aliphatic rings. The molecule has 0 saturated carbocycles. The van der Waals surface area contributed by atoms with Crippen LogP contribution in [0.25, 0.3) is 0 Å². The zero-order valence-corrected chi connectivity index (χ0v) is 8.12. The summed E-state index contributed by atoms with van der Waals surface area (Å²) in [5.41, 5.74) is -0.786. The number of epoxide rings is 1. The normalized spacial score (nSPS) is 40.7. The smallest absolute Gasteiger partial charge is 0.338 e. The highest BCUT2D eigenvalue weighted by Crippen LogP contribution is 2.53. The van der Waals surface area contributed by atoms with Crippen molar-refractivity contribution in [3.8, 4) is 0 Å². The van der Waals surface area contributed by atoms with E-state index in [1.54, 1.807) is 0 Å². The molecule has 0 aromatic heterocycles. The zero-order chi connectivity index (χ0) is 9.69. The van der Waals surface area contributed by atoms with Crippen LogP contribution < -0.4 is 0 Å². The van der Waals surface area contributed by atoms with Gasteiger partial charge in [0.05, 0.1) is 19.3 Å². The van der Waals surface area contributed by atoms with Gasteiger partial charge in [-0.1, -0.05) is 0 Å². The predicted molar refractivity (Wildman–Crippen MR) is 44.3 cm³/mol. The molecule has 0 bridgehead atoms. The van der Waals surface area contributed by atoms with E-state index < -0.39 is 11.7 Å². The predicted octanol–water partition coefficient (Wildman–Crippen LogP) is 0.496. The Balaban J connectivity index is 2.14. The number of hydrogen-bond donors (Lipinski definition) is 0. The Morgan fingerprint density at radius 2 is 2.23 bits per heavy atom. The van der Waals surface area contributed by atoms with Crippen LogP contribution in [0.3, 0.4) is 0 Å². The summed E-state index contributed by atoms with van der Waals surface area (Å²) in [5.74, 6) is -0.293. The third-order valence-corrected chi connectivity index (χ3v) is 3.07. The summed E-state index contributed by atoms with van der Waals surface area (Å²) < 4.78 is 15.6. The number of esters is 1. The van der Waals surface area contributed by atoms with Gasteiger partial charge >= 0.3 is 5.97 Å². The van der Waals surface area contributed by atoms with Gasteiger partial charge < -0.3 is 14.2 Å². The number of carbonyl (C=O) groups excluding carboxylic acids is 1. The Bertz CT molecular complexity index is 248. The second-order valence-electron chi connectivity index (χ2n) is 4.02. The van der Waals surface area contributed by atoms with Crippen molar-refractivity contribution in [2.75, 3.05) is 13.7 Å². The van der Waals surface area contributed by atoms with Crippen LogP contribution in [-0.2, 0) is 19.0 Å². The summed E-state index contributed by atoms with van der Waals surface area (Å²) in [7, 11) is 1.38. The van der Waals surface area contributed by atoms with Crippen LogP contribution in [0.1, 0.15) is 20.3 Å². The summed E-state index contributed by atoms with van der Waals surface area (Å²) in [6, 6.07) is 0. The van der Waals surface area contributed by atoms with Gasteiger partial charge in [0.1, 0.15) is 5.60 Å². The number of hydrogen-bond acceptors (Lipinski definition) is 4. The molecule has 0 amide bonds. The molecule has 13 heavy (non-hydrogen) atoms. The van der Waals surface area contributed by atoms with Gasteiger partial charge in [-0.05, 0) is 13.8 Å². The Morgan fingerprint density at radius 1 is 1.54 bits per heavy atom.